The highest BCUT2D eigenvalue weighted by Gasteiger charge is 2.41. The molecule has 1 fully saturated rings. The van der Waals surface area contributed by atoms with E-state index in [0.717, 1.165) is 25.1 Å². The summed E-state index contributed by atoms with van der Waals surface area (Å²) in [7, 11) is 1.71. The summed E-state index contributed by atoms with van der Waals surface area (Å²) >= 11 is 0. The molecule has 1 aliphatic rings. The third kappa shape index (κ3) is 2.34. The third-order valence-electron chi connectivity index (χ3n) is 3.85. The molecule has 5 heteroatoms. The molecule has 1 saturated heterocycles. The van der Waals surface area contributed by atoms with E-state index in [4.69, 9.17) is 9.26 Å². The highest BCUT2D eigenvalue weighted by Crippen LogP contribution is 2.31. The molecule has 0 spiro atoms. The third-order valence-corrected chi connectivity index (χ3v) is 3.85. The average Bonchev–Trinajstić information content (AvgIpc) is 3.09. The molecule has 1 unspecified atom stereocenters. The molecule has 0 radical (unpaired) electrons. The van der Waals surface area contributed by atoms with E-state index in [1.807, 2.05) is 24.3 Å². The maximum atomic E-state index is 5.51. The van der Waals surface area contributed by atoms with Gasteiger partial charge >= 0.3 is 0 Å². The molecule has 2 heterocycles. The van der Waals surface area contributed by atoms with Gasteiger partial charge in [-0.05, 0) is 19.9 Å². The molecule has 1 aromatic carbocycles. The normalized spacial score (nSPS) is 22.3. The van der Waals surface area contributed by atoms with E-state index in [9.17, 15) is 0 Å². The molecule has 2 aromatic rings. The van der Waals surface area contributed by atoms with Gasteiger partial charge in [0.05, 0.1) is 12.0 Å². The molecule has 20 heavy (non-hydrogen) atoms. The van der Waals surface area contributed by atoms with Crippen LogP contribution in [0.2, 0.25) is 0 Å². The van der Waals surface area contributed by atoms with E-state index in [1.165, 1.54) is 5.56 Å². The van der Waals surface area contributed by atoms with Gasteiger partial charge in [0, 0.05) is 19.2 Å². The quantitative estimate of drug-likeness (QED) is 0.922. The Labute approximate surface area is 118 Å². The first kappa shape index (κ1) is 13.3. The molecule has 1 atom stereocenters. The molecule has 106 valence electrons. The summed E-state index contributed by atoms with van der Waals surface area (Å²) in [6, 6.07) is 8.13. The van der Waals surface area contributed by atoms with Gasteiger partial charge in [-0.1, -0.05) is 35.0 Å². The van der Waals surface area contributed by atoms with Crippen molar-refractivity contribution in [1.29, 1.82) is 0 Å². The van der Waals surface area contributed by atoms with Crippen LogP contribution in [0, 0.1) is 6.92 Å². The van der Waals surface area contributed by atoms with Crippen molar-refractivity contribution in [1.82, 2.24) is 15.5 Å². The Morgan fingerprint density at radius 2 is 2.15 bits per heavy atom. The average molecular weight is 273 g/mol. The molecule has 0 aliphatic carbocycles. The van der Waals surface area contributed by atoms with E-state index >= 15 is 0 Å². The minimum atomic E-state index is -0.190. The Balaban J connectivity index is 1.91. The van der Waals surface area contributed by atoms with Crippen LogP contribution in [-0.4, -0.2) is 36.9 Å². The Hall–Kier alpha value is -1.72. The van der Waals surface area contributed by atoms with E-state index < -0.39 is 0 Å². The summed E-state index contributed by atoms with van der Waals surface area (Å²) in [6.45, 7) is 4.42. The Kier molecular flexibility index (Phi) is 3.54. The van der Waals surface area contributed by atoms with Gasteiger partial charge in [0.2, 0.25) is 11.7 Å². The van der Waals surface area contributed by atoms with Crippen molar-refractivity contribution < 1.29 is 9.26 Å². The second-order valence-corrected chi connectivity index (χ2v) is 5.43. The van der Waals surface area contributed by atoms with Crippen LogP contribution < -0.4 is 5.32 Å². The number of benzene rings is 1. The summed E-state index contributed by atoms with van der Waals surface area (Å²) in [4.78, 5) is 4.59. The largest absolute Gasteiger partial charge is 0.384 e. The van der Waals surface area contributed by atoms with Crippen LogP contribution in [0.3, 0.4) is 0 Å². The van der Waals surface area contributed by atoms with Gasteiger partial charge in [0.25, 0.3) is 0 Å². The first-order valence-electron chi connectivity index (χ1n) is 6.84. The smallest absolute Gasteiger partial charge is 0.236 e. The lowest BCUT2D eigenvalue weighted by atomic mass is 9.88. The topological polar surface area (TPSA) is 60.2 Å². The Bertz CT molecular complexity index is 571. The number of nitrogens with zero attached hydrogens (tertiary/aromatic N) is 2. The maximum Gasteiger partial charge on any atom is 0.236 e. The maximum absolute atomic E-state index is 5.51. The van der Waals surface area contributed by atoms with Crippen molar-refractivity contribution >= 4 is 0 Å². The Morgan fingerprint density at radius 1 is 1.35 bits per heavy atom. The standard InChI is InChI=1S/C15H19N3O2/c1-11-3-5-12(6-4-11)13-17-14(20-18-13)15(10-19-2)7-8-16-9-15/h3-6,16H,7-10H2,1-2H3. The summed E-state index contributed by atoms with van der Waals surface area (Å²) in [5.74, 6) is 1.31. The SMILES string of the molecule is COCC1(c2nc(-c3ccc(C)cc3)no2)CCNC1. The van der Waals surface area contributed by atoms with Gasteiger partial charge in [-0.15, -0.1) is 0 Å². The van der Waals surface area contributed by atoms with Crippen LogP contribution in [0.4, 0.5) is 0 Å². The second kappa shape index (κ2) is 5.34. The van der Waals surface area contributed by atoms with E-state index in [1.54, 1.807) is 7.11 Å². The van der Waals surface area contributed by atoms with Crippen LogP contribution in [-0.2, 0) is 10.2 Å². The van der Waals surface area contributed by atoms with Gasteiger partial charge in [0.1, 0.15) is 0 Å². The first-order chi connectivity index (χ1) is 9.73. The minimum absolute atomic E-state index is 0.190. The summed E-state index contributed by atoms with van der Waals surface area (Å²) in [5.41, 5.74) is 2.00. The highest BCUT2D eigenvalue weighted by atomic mass is 16.5. The van der Waals surface area contributed by atoms with E-state index in [0.29, 0.717) is 18.3 Å². The molecular weight excluding hydrogens is 254 g/mol. The van der Waals surface area contributed by atoms with E-state index in [-0.39, 0.29) is 5.41 Å². The van der Waals surface area contributed by atoms with Crippen LogP contribution in [0.5, 0.6) is 0 Å². The van der Waals surface area contributed by atoms with Crippen molar-refractivity contribution in [2.45, 2.75) is 18.8 Å². The van der Waals surface area contributed by atoms with Crippen molar-refractivity contribution in [3.05, 3.63) is 35.7 Å². The number of methoxy groups -OCH3 is 1. The van der Waals surface area contributed by atoms with Crippen molar-refractivity contribution in [2.75, 3.05) is 26.8 Å². The van der Waals surface area contributed by atoms with E-state index in [2.05, 4.69) is 22.4 Å². The zero-order valence-electron chi connectivity index (χ0n) is 11.8. The summed E-state index contributed by atoms with van der Waals surface area (Å²) in [5, 5.41) is 7.46. The number of ether oxygens (including phenoxy) is 1. The molecule has 3 rings (SSSR count). The summed E-state index contributed by atoms with van der Waals surface area (Å²) in [6.07, 6.45) is 0.955. The molecule has 1 N–H and O–H groups in total. The fourth-order valence-electron chi connectivity index (χ4n) is 2.65. The molecule has 0 bridgehead atoms. The van der Waals surface area contributed by atoms with Gasteiger partial charge < -0.3 is 14.6 Å². The van der Waals surface area contributed by atoms with Gasteiger partial charge in [-0.2, -0.15) is 4.98 Å². The van der Waals surface area contributed by atoms with Crippen LogP contribution in [0.15, 0.2) is 28.8 Å². The summed E-state index contributed by atoms with van der Waals surface area (Å²) < 4.78 is 10.9. The number of hydrogen-bond donors (Lipinski definition) is 1. The lowest BCUT2D eigenvalue weighted by molar-refractivity contribution is 0.117. The zero-order chi connectivity index (χ0) is 14.0. The highest BCUT2D eigenvalue weighted by molar-refractivity contribution is 5.54. The Morgan fingerprint density at radius 3 is 2.80 bits per heavy atom. The molecule has 1 aliphatic heterocycles. The van der Waals surface area contributed by atoms with Crippen molar-refractivity contribution in [2.24, 2.45) is 0 Å². The molecule has 0 saturated carbocycles. The number of nitrogens with one attached hydrogen (secondary N) is 1. The molecule has 0 amide bonds. The van der Waals surface area contributed by atoms with Crippen LogP contribution in [0.1, 0.15) is 17.9 Å². The first-order valence-corrected chi connectivity index (χ1v) is 6.84. The van der Waals surface area contributed by atoms with Crippen molar-refractivity contribution in [3.63, 3.8) is 0 Å². The number of aromatic nitrogens is 2. The van der Waals surface area contributed by atoms with Crippen LogP contribution in [0.25, 0.3) is 11.4 Å². The molecule has 1 aromatic heterocycles. The van der Waals surface area contributed by atoms with Crippen molar-refractivity contribution in [3.8, 4) is 11.4 Å². The number of rotatable bonds is 4. The van der Waals surface area contributed by atoms with Gasteiger partial charge in [0.15, 0.2) is 0 Å². The molecule has 5 nitrogen and oxygen atoms in total. The fourth-order valence-corrected chi connectivity index (χ4v) is 2.65. The van der Waals surface area contributed by atoms with Gasteiger partial charge in [-0.25, -0.2) is 0 Å². The number of hydrogen-bond acceptors (Lipinski definition) is 5. The lowest BCUT2D eigenvalue weighted by Gasteiger charge is -2.22. The second-order valence-electron chi connectivity index (χ2n) is 5.43. The minimum Gasteiger partial charge on any atom is -0.384 e. The fraction of sp³-hybridized carbons (Fsp3) is 0.467. The lowest BCUT2D eigenvalue weighted by Crippen LogP contribution is -2.34. The molecular formula is C15H19N3O2. The number of aryl methyl sites for hydroxylation is 1. The monoisotopic (exact) mass is 273 g/mol. The predicted molar refractivity (Wildman–Crippen MR) is 75.5 cm³/mol. The predicted octanol–water partition coefficient (Wildman–Crippen LogP) is 1.92. The van der Waals surface area contributed by atoms with Gasteiger partial charge in [-0.3, -0.25) is 0 Å². The van der Waals surface area contributed by atoms with Crippen LogP contribution >= 0.6 is 0 Å². The zero-order valence-corrected chi connectivity index (χ0v) is 11.8.